The molecule has 1 saturated carbocycles. The van der Waals surface area contributed by atoms with Crippen molar-refractivity contribution in [3.8, 4) is 0 Å². The van der Waals surface area contributed by atoms with Gasteiger partial charge in [0, 0.05) is 24.3 Å². The molecule has 0 bridgehead atoms. The molecule has 5 nitrogen and oxygen atoms in total. The molecule has 1 aromatic rings. The Kier molecular flexibility index (Phi) is 4.15. The van der Waals surface area contributed by atoms with Crippen molar-refractivity contribution in [2.75, 3.05) is 12.0 Å². The maximum atomic E-state index is 12.4. The van der Waals surface area contributed by atoms with Gasteiger partial charge in [0.1, 0.15) is 5.82 Å². The predicted octanol–water partition coefficient (Wildman–Crippen LogP) is 1.77. The van der Waals surface area contributed by atoms with Crippen LogP contribution in [0.4, 0.5) is 5.82 Å². The maximum Gasteiger partial charge on any atom is 0.254 e. The molecule has 2 rings (SSSR count). The molecule has 1 aliphatic carbocycles. The predicted molar refractivity (Wildman–Crippen MR) is 71.0 cm³/mol. The summed E-state index contributed by atoms with van der Waals surface area (Å²) in [7, 11) is 0. The highest BCUT2D eigenvalue weighted by molar-refractivity contribution is 5.95. The minimum absolute atomic E-state index is 0.0878. The highest BCUT2D eigenvalue weighted by Crippen LogP contribution is 2.28. The van der Waals surface area contributed by atoms with E-state index in [2.05, 4.69) is 17.3 Å². The Bertz CT molecular complexity index is 417. The Morgan fingerprint density at radius 1 is 1.61 bits per heavy atom. The Morgan fingerprint density at radius 2 is 2.39 bits per heavy atom. The van der Waals surface area contributed by atoms with Gasteiger partial charge in [-0.15, -0.1) is 0 Å². The second-order valence-electron chi connectivity index (χ2n) is 4.66. The molecular weight excluding hydrogens is 228 g/mol. The van der Waals surface area contributed by atoms with Crippen LogP contribution in [0.2, 0.25) is 0 Å². The van der Waals surface area contributed by atoms with Gasteiger partial charge in [-0.25, -0.2) is 10.8 Å². The van der Waals surface area contributed by atoms with E-state index in [4.69, 9.17) is 5.84 Å². The van der Waals surface area contributed by atoms with Crippen molar-refractivity contribution in [1.29, 1.82) is 0 Å². The first-order chi connectivity index (χ1) is 8.76. The van der Waals surface area contributed by atoms with E-state index in [1.807, 2.05) is 4.90 Å². The minimum Gasteiger partial charge on any atom is -0.336 e. The minimum atomic E-state index is 0.0878. The molecule has 0 saturated heterocycles. The summed E-state index contributed by atoms with van der Waals surface area (Å²) in [6, 6.07) is 3.88. The fraction of sp³-hybridized carbons (Fsp3) is 0.538. The molecule has 98 valence electrons. The van der Waals surface area contributed by atoms with Gasteiger partial charge >= 0.3 is 0 Å². The quantitative estimate of drug-likeness (QED) is 0.594. The third-order valence-electron chi connectivity index (χ3n) is 3.16. The molecule has 18 heavy (non-hydrogen) atoms. The van der Waals surface area contributed by atoms with Crippen molar-refractivity contribution in [2.45, 2.75) is 38.6 Å². The van der Waals surface area contributed by atoms with Crippen LogP contribution in [0.25, 0.3) is 0 Å². The lowest BCUT2D eigenvalue weighted by molar-refractivity contribution is 0.0740. The van der Waals surface area contributed by atoms with Crippen molar-refractivity contribution in [3.63, 3.8) is 0 Å². The Hall–Kier alpha value is -1.62. The molecule has 0 radical (unpaired) electrons. The van der Waals surface area contributed by atoms with Crippen molar-refractivity contribution >= 4 is 11.7 Å². The summed E-state index contributed by atoms with van der Waals surface area (Å²) in [4.78, 5) is 18.4. The molecule has 5 heteroatoms. The van der Waals surface area contributed by atoms with Crippen molar-refractivity contribution in [2.24, 2.45) is 5.84 Å². The standard InChI is InChI=1S/C13H20N4O/c1-2-3-8-17(11-4-5-11)13(18)10-6-7-15-12(9-10)16-14/h6-7,9,11H,2-5,8,14H2,1H3,(H,15,16). The third-order valence-corrected chi connectivity index (χ3v) is 3.16. The zero-order valence-corrected chi connectivity index (χ0v) is 10.7. The van der Waals surface area contributed by atoms with Crippen molar-refractivity contribution in [1.82, 2.24) is 9.88 Å². The molecule has 0 atom stereocenters. The van der Waals surface area contributed by atoms with Gasteiger partial charge in [0.25, 0.3) is 5.91 Å². The number of amides is 1. The van der Waals surface area contributed by atoms with Gasteiger partial charge in [-0.3, -0.25) is 4.79 Å². The van der Waals surface area contributed by atoms with Crippen LogP contribution in [0.3, 0.4) is 0 Å². The molecule has 0 aromatic carbocycles. The average Bonchev–Trinajstić information content (AvgIpc) is 3.23. The number of aromatic nitrogens is 1. The topological polar surface area (TPSA) is 71.2 Å². The lowest BCUT2D eigenvalue weighted by Crippen LogP contribution is -2.34. The molecule has 1 fully saturated rings. The number of hydrazine groups is 1. The zero-order valence-electron chi connectivity index (χ0n) is 10.7. The lowest BCUT2D eigenvalue weighted by Gasteiger charge is -2.22. The summed E-state index contributed by atoms with van der Waals surface area (Å²) in [5.74, 6) is 5.92. The first-order valence-corrected chi connectivity index (χ1v) is 6.50. The number of nitrogens with two attached hydrogens (primary N) is 1. The second-order valence-corrected chi connectivity index (χ2v) is 4.66. The van der Waals surface area contributed by atoms with Gasteiger partial charge in [0.2, 0.25) is 0 Å². The number of carbonyl (C=O) groups excluding carboxylic acids is 1. The van der Waals surface area contributed by atoms with Crippen LogP contribution >= 0.6 is 0 Å². The van der Waals surface area contributed by atoms with Crippen LogP contribution in [-0.2, 0) is 0 Å². The molecule has 1 aromatic heterocycles. The summed E-state index contributed by atoms with van der Waals surface area (Å²) < 4.78 is 0. The zero-order chi connectivity index (χ0) is 13.0. The lowest BCUT2D eigenvalue weighted by atomic mass is 10.2. The number of rotatable bonds is 6. The number of anilines is 1. The van der Waals surface area contributed by atoms with E-state index in [0.717, 1.165) is 32.2 Å². The number of nitrogen functional groups attached to an aromatic ring is 1. The fourth-order valence-electron chi connectivity index (χ4n) is 1.97. The number of pyridine rings is 1. The van der Waals surface area contributed by atoms with E-state index >= 15 is 0 Å². The van der Waals surface area contributed by atoms with Crippen LogP contribution in [0.1, 0.15) is 43.0 Å². The van der Waals surface area contributed by atoms with Crippen LogP contribution < -0.4 is 11.3 Å². The molecule has 1 aliphatic rings. The molecule has 0 unspecified atom stereocenters. The smallest absolute Gasteiger partial charge is 0.254 e. The SMILES string of the molecule is CCCCN(C(=O)c1ccnc(NN)c1)C1CC1. The Labute approximate surface area is 107 Å². The second kappa shape index (κ2) is 5.82. The van der Waals surface area contributed by atoms with E-state index in [1.54, 1.807) is 18.3 Å². The summed E-state index contributed by atoms with van der Waals surface area (Å²) in [6.45, 7) is 2.98. The maximum absolute atomic E-state index is 12.4. The number of hydrogen-bond donors (Lipinski definition) is 2. The highest BCUT2D eigenvalue weighted by Gasteiger charge is 2.32. The Balaban J connectivity index is 2.11. The first-order valence-electron chi connectivity index (χ1n) is 6.50. The summed E-state index contributed by atoms with van der Waals surface area (Å²) >= 11 is 0. The van der Waals surface area contributed by atoms with E-state index in [1.165, 1.54) is 0 Å². The van der Waals surface area contributed by atoms with Crippen molar-refractivity contribution < 1.29 is 4.79 Å². The van der Waals surface area contributed by atoms with Gasteiger partial charge in [0.15, 0.2) is 0 Å². The van der Waals surface area contributed by atoms with Gasteiger partial charge < -0.3 is 10.3 Å². The highest BCUT2D eigenvalue weighted by atomic mass is 16.2. The number of unbranched alkanes of at least 4 members (excludes halogenated alkanes) is 1. The fourth-order valence-corrected chi connectivity index (χ4v) is 1.97. The van der Waals surface area contributed by atoms with Crippen molar-refractivity contribution in [3.05, 3.63) is 23.9 Å². The van der Waals surface area contributed by atoms with E-state index < -0.39 is 0 Å². The average molecular weight is 248 g/mol. The molecular formula is C13H20N4O. The first kappa shape index (κ1) is 12.8. The number of nitrogens with zero attached hydrogens (tertiary/aromatic N) is 2. The van der Waals surface area contributed by atoms with Crippen LogP contribution in [0, 0.1) is 0 Å². The normalized spacial score (nSPS) is 14.3. The van der Waals surface area contributed by atoms with E-state index in [-0.39, 0.29) is 5.91 Å². The molecule has 0 aliphatic heterocycles. The number of nitrogens with one attached hydrogen (secondary N) is 1. The molecule has 1 heterocycles. The van der Waals surface area contributed by atoms with Crippen LogP contribution in [0.15, 0.2) is 18.3 Å². The van der Waals surface area contributed by atoms with Crippen LogP contribution in [0.5, 0.6) is 0 Å². The number of hydrogen-bond acceptors (Lipinski definition) is 4. The Morgan fingerprint density at radius 3 is 3.00 bits per heavy atom. The van der Waals surface area contributed by atoms with E-state index in [0.29, 0.717) is 17.4 Å². The monoisotopic (exact) mass is 248 g/mol. The van der Waals surface area contributed by atoms with Gasteiger partial charge in [-0.05, 0) is 31.4 Å². The number of carbonyl (C=O) groups is 1. The molecule has 1 amide bonds. The van der Waals surface area contributed by atoms with Gasteiger partial charge in [0.05, 0.1) is 0 Å². The third kappa shape index (κ3) is 2.98. The molecule has 3 N–H and O–H groups in total. The summed E-state index contributed by atoms with van der Waals surface area (Å²) in [6.07, 6.45) is 6.01. The van der Waals surface area contributed by atoms with Gasteiger partial charge in [-0.1, -0.05) is 13.3 Å². The van der Waals surface area contributed by atoms with Gasteiger partial charge in [-0.2, -0.15) is 0 Å². The van der Waals surface area contributed by atoms with Crippen LogP contribution in [-0.4, -0.2) is 28.4 Å². The summed E-state index contributed by atoms with van der Waals surface area (Å²) in [5, 5.41) is 0. The van der Waals surface area contributed by atoms with E-state index in [9.17, 15) is 4.79 Å². The summed E-state index contributed by atoms with van der Waals surface area (Å²) in [5.41, 5.74) is 3.12. The largest absolute Gasteiger partial charge is 0.336 e. The molecule has 0 spiro atoms.